The maximum atomic E-state index is 12.6. The normalized spacial score (nSPS) is 12.6. The quantitative estimate of drug-likeness (QED) is 0.802. The molecule has 0 saturated carbocycles. The van der Waals surface area contributed by atoms with E-state index in [2.05, 4.69) is 5.32 Å². The number of nitrogens with zero attached hydrogens (tertiary/aromatic N) is 1. The van der Waals surface area contributed by atoms with Crippen LogP contribution in [0.3, 0.4) is 0 Å². The fourth-order valence-electron chi connectivity index (χ4n) is 2.41. The van der Waals surface area contributed by atoms with Crippen molar-refractivity contribution >= 4 is 35.0 Å². The predicted molar refractivity (Wildman–Crippen MR) is 99.3 cm³/mol. The van der Waals surface area contributed by atoms with Crippen LogP contribution in [0.2, 0.25) is 10.0 Å². The minimum Gasteiger partial charge on any atom is -0.350 e. The number of rotatable bonds is 6. The van der Waals surface area contributed by atoms with Gasteiger partial charge in [-0.05, 0) is 44.9 Å². The lowest BCUT2D eigenvalue weighted by atomic mass is 10.1. The monoisotopic (exact) mass is 372 g/mol. The van der Waals surface area contributed by atoms with Gasteiger partial charge in [0.25, 0.3) is 0 Å². The average Bonchev–Trinajstić information content (AvgIpc) is 2.46. The second-order valence-corrected chi connectivity index (χ2v) is 7.62. The van der Waals surface area contributed by atoms with Crippen molar-refractivity contribution in [2.24, 2.45) is 0 Å². The molecule has 1 atom stereocenters. The first-order valence-corrected chi connectivity index (χ1v) is 8.90. The summed E-state index contributed by atoms with van der Waals surface area (Å²) in [5, 5.41) is 3.98. The van der Waals surface area contributed by atoms with Crippen molar-refractivity contribution in [1.29, 1.82) is 0 Å². The van der Waals surface area contributed by atoms with E-state index in [4.69, 9.17) is 23.2 Å². The number of carbonyl (C=O) groups is 2. The van der Waals surface area contributed by atoms with E-state index in [1.165, 1.54) is 0 Å². The number of benzene rings is 1. The van der Waals surface area contributed by atoms with Crippen LogP contribution in [-0.4, -0.2) is 28.3 Å². The molecule has 0 spiro atoms. The van der Waals surface area contributed by atoms with Gasteiger partial charge in [0.15, 0.2) is 0 Å². The van der Waals surface area contributed by atoms with Crippen molar-refractivity contribution in [2.45, 2.75) is 65.6 Å². The summed E-state index contributed by atoms with van der Waals surface area (Å²) in [6, 6.07) is 4.62. The number of hydrogen-bond donors (Lipinski definition) is 1. The van der Waals surface area contributed by atoms with Gasteiger partial charge in [0.05, 0.1) is 0 Å². The summed E-state index contributed by atoms with van der Waals surface area (Å²) < 4.78 is 0. The molecule has 0 heterocycles. The molecule has 0 fully saturated rings. The smallest absolute Gasteiger partial charge is 0.243 e. The largest absolute Gasteiger partial charge is 0.350 e. The Kier molecular flexibility index (Phi) is 7.56. The highest BCUT2D eigenvalue weighted by molar-refractivity contribution is 6.35. The van der Waals surface area contributed by atoms with E-state index in [1.54, 1.807) is 30.0 Å². The molecule has 2 amide bonds. The van der Waals surface area contributed by atoms with Crippen molar-refractivity contribution in [3.05, 3.63) is 33.8 Å². The lowest BCUT2D eigenvalue weighted by Crippen LogP contribution is -2.53. The van der Waals surface area contributed by atoms with Crippen LogP contribution in [0.1, 0.15) is 53.0 Å². The SMILES string of the molecule is CCC(=O)N(Cc1ccc(Cl)cc1Cl)C(CC)C(=O)NC(C)(C)C. The molecule has 0 bridgehead atoms. The molecule has 1 aromatic carbocycles. The van der Waals surface area contributed by atoms with Gasteiger partial charge in [-0.2, -0.15) is 0 Å². The molecule has 0 aliphatic carbocycles. The molecule has 1 aromatic rings. The Hall–Kier alpha value is -1.26. The van der Waals surface area contributed by atoms with Crippen LogP contribution in [0.4, 0.5) is 0 Å². The van der Waals surface area contributed by atoms with Gasteiger partial charge in [-0.1, -0.05) is 43.1 Å². The van der Waals surface area contributed by atoms with Crippen LogP contribution in [0.5, 0.6) is 0 Å². The topological polar surface area (TPSA) is 49.4 Å². The van der Waals surface area contributed by atoms with Crippen molar-refractivity contribution in [2.75, 3.05) is 0 Å². The molecule has 1 unspecified atom stereocenters. The van der Waals surface area contributed by atoms with Gasteiger partial charge >= 0.3 is 0 Å². The van der Waals surface area contributed by atoms with E-state index in [9.17, 15) is 9.59 Å². The first-order valence-electron chi connectivity index (χ1n) is 8.14. The Bertz CT molecular complexity index is 597. The van der Waals surface area contributed by atoms with E-state index in [0.717, 1.165) is 5.56 Å². The van der Waals surface area contributed by atoms with Gasteiger partial charge in [-0.25, -0.2) is 0 Å². The summed E-state index contributed by atoms with van der Waals surface area (Å²) in [4.78, 5) is 26.7. The third-order valence-corrected chi connectivity index (χ3v) is 4.13. The minimum atomic E-state index is -0.539. The van der Waals surface area contributed by atoms with Crippen molar-refractivity contribution < 1.29 is 9.59 Å². The van der Waals surface area contributed by atoms with Crippen LogP contribution in [-0.2, 0) is 16.1 Å². The van der Waals surface area contributed by atoms with E-state index in [-0.39, 0.29) is 23.9 Å². The molecule has 1 rings (SSSR count). The third-order valence-electron chi connectivity index (χ3n) is 3.54. The first-order chi connectivity index (χ1) is 11.1. The molecule has 24 heavy (non-hydrogen) atoms. The molecule has 4 nitrogen and oxygen atoms in total. The summed E-state index contributed by atoms with van der Waals surface area (Å²) in [5.41, 5.74) is 0.411. The van der Waals surface area contributed by atoms with Gasteiger partial charge in [-0.15, -0.1) is 0 Å². The zero-order chi connectivity index (χ0) is 18.5. The molecular weight excluding hydrogens is 347 g/mol. The molecule has 0 aliphatic heterocycles. The maximum absolute atomic E-state index is 12.6. The van der Waals surface area contributed by atoms with Crippen LogP contribution in [0.25, 0.3) is 0 Å². The van der Waals surface area contributed by atoms with Gasteiger partial charge in [0.2, 0.25) is 11.8 Å². The fraction of sp³-hybridized carbons (Fsp3) is 0.556. The Morgan fingerprint density at radius 2 is 1.83 bits per heavy atom. The molecule has 134 valence electrons. The third kappa shape index (κ3) is 5.99. The van der Waals surface area contributed by atoms with E-state index < -0.39 is 6.04 Å². The minimum absolute atomic E-state index is 0.0862. The maximum Gasteiger partial charge on any atom is 0.243 e. The molecule has 0 aromatic heterocycles. The molecule has 0 aliphatic rings. The van der Waals surface area contributed by atoms with Crippen LogP contribution in [0, 0.1) is 0 Å². The fourth-order valence-corrected chi connectivity index (χ4v) is 2.88. The van der Waals surface area contributed by atoms with Crippen molar-refractivity contribution in [3.8, 4) is 0 Å². The predicted octanol–water partition coefficient (Wildman–Crippen LogP) is 4.43. The Balaban J connectivity index is 3.10. The van der Waals surface area contributed by atoms with Crippen LogP contribution in [0.15, 0.2) is 18.2 Å². The Morgan fingerprint density at radius 1 is 1.21 bits per heavy atom. The summed E-state index contributed by atoms with van der Waals surface area (Å²) in [7, 11) is 0. The molecular formula is C18H26Cl2N2O2. The zero-order valence-corrected chi connectivity index (χ0v) is 16.5. The molecule has 6 heteroatoms. The van der Waals surface area contributed by atoms with Gasteiger partial charge < -0.3 is 10.2 Å². The van der Waals surface area contributed by atoms with Crippen LogP contribution < -0.4 is 5.32 Å². The Morgan fingerprint density at radius 3 is 2.29 bits per heavy atom. The molecule has 1 N–H and O–H groups in total. The number of amides is 2. The summed E-state index contributed by atoms with van der Waals surface area (Å²) in [5.74, 6) is -0.242. The van der Waals surface area contributed by atoms with Gasteiger partial charge in [0.1, 0.15) is 6.04 Å². The first kappa shape index (κ1) is 20.8. The lowest BCUT2D eigenvalue weighted by molar-refractivity contribution is -0.141. The highest BCUT2D eigenvalue weighted by Crippen LogP contribution is 2.24. The highest BCUT2D eigenvalue weighted by Gasteiger charge is 2.30. The van der Waals surface area contributed by atoms with Gasteiger partial charge in [0, 0.05) is 28.5 Å². The summed E-state index contributed by atoms with van der Waals surface area (Å²) in [6.45, 7) is 9.71. The zero-order valence-electron chi connectivity index (χ0n) is 15.0. The average molecular weight is 373 g/mol. The summed E-state index contributed by atoms with van der Waals surface area (Å²) in [6.07, 6.45) is 0.851. The highest BCUT2D eigenvalue weighted by atomic mass is 35.5. The standard InChI is InChI=1S/C18H26Cl2N2O2/c1-6-15(17(24)21-18(3,4)5)22(16(23)7-2)11-12-8-9-13(19)10-14(12)20/h8-10,15H,6-7,11H2,1-5H3,(H,21,24). The van der Waals surface area contributed by atoms with Crippen LogP contribution >= 0.6 is 23.2 Å². The van der Waals surface area contributed by atoms with Crippen molar-refractivity contribution in [3.63, 3.8) is 0 Å². The number of hydrogen-bond acceptors (Lipinski definition) is 2. The van der Waals surface area contributed by atoms with Gasteiger partial charge in [-0.3, -0.25) is 9.59 Å². The Labute approximate surface area is 154 Å². The second-order valence-electron chi connectivity index (χ2n) is 6.77. The van der Waals surface area contributed by atoms with E-state index in [1.807, 2.05) is 27.7 Å². The number of nitrogens with one attached hydrogen (secondary N) is 1. The number of carbonyl (C=O) groups excluding carboxylic acids is 2. The van der Waals surface area contributed by atoms with Crippen molar-refractivity contribution in [1.82, 2.24) is 10.2 Å². The molecule has 0 saturated heterocycles. The van der Waals surface area contributed by atoms with E-state index >= 15 is 0 Å². The molecule has 0 radical (unpaired) electrons. The lowest BCUT2D eigenvalue weighted by Gasteiger charge is -2.33. The van der Waals surface area contributed by atoms with E-state index in [0.29, 0.717) is 22.9 Å². The second kappa shape index (κ2) is 8.72. The number of halogens is 2. The summed E-state index contributed by atoms with van der Waals surface area (Å²) >= 11 is 12.2.